The van der Waals surface area contributed by atoms with E-state index in [4.69, 9.17) is 4.74 Å². The summed E-state index contributed by atoms with van der Waals surface area (Å²) in [7, 11) is 0. The van der Waals surface area contributed by atoms with E-state index < -0.39 is 6.10 Å². The molecule has 84 valence electrons. The minimum Gasteiger partial charge on any atom is -0.386 e. The first-order chi connectivity index (χ1) is 7.00. The largest absolute Gasteiger partial charge is 0.386 e. The smallest absolute Gasteiger partial charge is 0.123 e. The van der Waals surface area contributed by atoms with E-state index >= 15 is 0 Å². The lowest BCUT2D eigenvalue weighted by Crippen LogP contribution is -2.12. The van der Waals surface area contributed by atoms with E-state index in [2.05, 4.69) is 15.9 Å². The van der Waals surface area contributed by atoms with Crippen LogP contribution in [-0.2, 0) is 4.74 Å². The summed E-state index contributed by atoms with van der Waals surface area (Å²) in [6.45, 7) is 3.93. The van der Waals surface area contributed by atoms with E-state index in [9.17, 15) is 9.50 Å². The average Bonchev–Trinajstić information content (AvgIpc) is 2.18. The van der Waals surface area contributed by atoms with Crippen molar-refractivity contribution in [1.29, 1.82) is 0 Å². The molecule has 0 saturated heterocycles. The molecule has 0 fully saturated rings. The molecule has 0 heterocycles. The maximum absolute atomic E-state index is 12.9. The fraction of sp³-hybridized carbons (Fsp3) is 0.455. The van der Waals surface area contributed by atoms with Crippen LogP contribution in [-0.4, -0.2) is 17.8 Å². The fourth-order valence-corrected chi connectivity index (χ4v) is 1.65. The molecule has 0 saturated carbocycles. The van der Waals surface area contributed by atoms with Crippen LogP contribution in [0.2, 0.25) is 0 Å². The molecule has 1 N–H and O–H groups in total. The van der Waals surface area contributed by atoms with Crippen LogP contribution in [0.5, 0.6) is 0 Å². The fourth-order valence-electron chi connectivity index (χ4n) is 1.14. The van der Waals surface area contributed by atoms with Crippen molar-refractivity contribution in [2.75, 3.05) is 6.61 Å². The molecule has 0 aliphatic rings. The monoisotopic (exact) mass is 276 g/mol. The summed E-state index contributed by atoms with van der Waals surface area (Å²) in [6, 6.07) is 4.21. The summed E-state index contributed by atoms with van der Waals surface area (Å²) in [5.41, 5.74) is 0.510. The Labute approximate surface area is 97.2 Å². The van der Waals surface area contributed by atoms with Gasteiger partial charge in [-0.05, 0) is 37.6 Å². The Hall–Kier alpha value is -0.450. The maximum atomic E-state index is 12.9. The molecule has 0 amide bonds. The Morgan fingerprint density at radius 1 is 1.47 bits per heavy atom. The van der Waals surface area contributed by atoms with Crippen molar-refractivity contribution >= 4 is 15.9 Å². The molecule has 15 heavy (non-hydrogen) atoms. The zero-order chi connectivity index (χ0) is 11.4. The summed E-state index contributed by atoms with van der Waals surface area (Å²) in [5, 5.41) is 9.75. The van der Waals surface area contributed by atoms with Crippen LogP contribution in [0.3, 0.4) is 0 Å². The van der Waals surface area contributed by atoms with Crippen molar-refractivity contribution in [2.24, 2.45) is 0 Å². The number of aliphatic hydroxyl groups excluding tert-OH is 1. The normalized spacial score (nSPS) is 13.2. The van der Waals surface area contributed by atoms with Crippen LogP contribution in [0.4, 0.5) is 4.39 Å². The van der Waals surface area contributed by atoms with Crippen molar-refractivity contribution < 1.29 is 14.2 Å². The van der Waals surface area contributed by atoms with E-state index in [0.717, 1.165) is 0 Å². The molecule has 2 nitrogen and oxygen atoms in total. The van der Waals surface area contributed by atoms with Gasteiger partial charge in [-0.1, -0.05) is 15.9 Å². The summed E-state index contributed by atoms with van der Waals surface area (Å²) >= 11 is 3.26. The van der Waals surface area contributed by atoms with Gasteiger partial charge < -0.3 is 9.84 Å². The molecule has 1 aromatic carbocycles. The Morgan fingerprint density at radius 3 is 2.73 bits per heavy atom. The Balaban J connectivity index is 2.72. The lowest BCUT2D eigenvalue weighted by molar-refractivity contribution is 0.00455. The Kier molecular flexibility index (Phi) is 4.70. The van der Waals surface area contributed by atoms with Gasteiger partial charge in [-0.15, -0.1) is 0 Å². The standard InChI is InChI=1S/C11H14BrFO2/c1-7(2)15-6-11(14)9-5-8(13)3-4-10(9)12/h3-5,7,11,14H,6H2,1-2H3. The van der Waals surface area contributed by atoms with Crippen LogP contribution in [0.1, 0.15) is 25.5 Å². The lowest BCUT2D eigenvalue weighted by atomic mass is 10.1. The van der Waals surface area contributed by atoms with E-state index in [1.165, 1.54) is 12.1 Å². The van der Waals surface area contributed by atoms with Gasteiger partial charge in [0, 0.05) is 4.47 Å². The minimum absolute atomic E-state index is 0.0481. The van der Waals surface area contributed by atoms with E-state index in [1.807, 2.05) is 13.8 Å². The molecule has 1 atom stereocenters. The molecular formula is C11H14BrFO2. The summed E-state index contributed by atoms with van der Waals surface area (Å²) < 4.78 is 18.9. The number of ether oxygens (including phenoxy) is 1. The molecule has 1 aromatic rings. The molecule has 0 bridgehead atoms. The maximum Gasteiger partial charge on any atom is 0.123 e. The minimum atomic E-state index is -0.808. The topological polar surface area (TPSA) is 29.5 Å². The quantitative estimate of drug-likeness (QED) is 0.916. The zero-order valence-electron chi connectivity index (χ0n) is 8.71. The van der Waals surface area contributed by atoms with Crippen molar-refractivity contribution in [3.63, 3.8) is 0 Å². The van der Waals surface area contributed by atoms with Crippen LogP contribution in [0, 0.1) is 5.82 Å². The summed E-state index contributed by atoms with van der Waals surface area (Å²) in [6.07, 6.45) is -0.760. The third kappa shape index (κ3) is 3.89. The SMILES string of the molecule is CC(C)OCC(O)c1cc(F)ccc1Br. The lowest BCUT2D eigenvalue weighted by Gasteiger charge is -2.15. The van der Waals surface area contributed by atoms with Crippen molar-refractivity contribution in [3.05, 3.63) is 34.1 Å². The average molecular weight is 277 g/mol. The van der Waals surface area contributed by atoms with Gasteiger partial charge in [-0.3, -0.25) is 0 Å². The van der Waals surface area contributed by atoms with Crippen molar-refractivity contribution in [2.45, 2.75) is 26.1 Å². The predicted octanol–water partition coefficient (Wildman–Crippen LogP) is 3.05. The molecule has 1 unspecified atom stereocenters. The first-order valence-corrected chi connectivity index (χ1v) is 5.54. The van der Waals surface area contributed by atoms with Gasteiger partial charge in [-0.25, -0.2) is 4.39 Å². The Morgan fingerprint density at radius 2 is 2.13 bits per heavy atom. The number of aliphatic hydroxyl groups is 1. The first-order valence-electron chi connectivity index (χ1n) is 4.75. The molecule has 4 heteroatoms. The number of halogens is 2. The zero-order valence-corrected chi connectivity index (χ0v) is 10.3. The van der Waals surface area contributed by atoms with Gasteiger partial charge >= 0.3 is 0 Å². The summed E-state index contributed by atoms with van der Waals surface area (Å²) in [4.78, 5) is 0. The molecule has 0 aliphatic carbocycles. The highest BCUT2D eigenvalue weighted by Crippen LogP contribution is 2.24. The highest BCUT2D eigenvalue weighted by molar-refractivity contribution is 9.10. The third-order valence-electron chi connectivity index (χ3n) is 1.90. The highest BCUT2D eigenvalue weighted by atomic mass is 79.9. The van der Waals surface area contributed by atoms with Crippen LogP contribution in [0.25, 0.3) is 0 Å². The molecule has 0 aliphatic heterocycles. The second-order valence-electron chi connectivity index (χ2n) is 3.56. The molecule has 0 spiro atoms. The first kappa shape index (κ1) is 12.6. The van der Waals surface area contributed by atoms with Gasteiger partial charge in [0.2, 0.25) is 0 Å². The van der Waals surface area contributed by atoms with Crippen molar-refractivity contribution in [1.82, 2.24) is 0 Å². The van der Waals surface area contributed by atoms with E-state index in [-0.39, 0.29) is 18.5 Å². The molecule has 0 radical (unpaired) electrons. The van der Waals surface area contributed by atoms with Gasteiger partial charge in [0.1, 0.15) is 11.9 Å². The number of hydrogen-bond donors (Lipinski definition) is 1. The van der Waals surface area contributed by atoms with Crippen molar-refractivity contribution in [3.8, 4) is 0 Å². The second kappa shape index (κ2) is 5.58. The number of benzene rings is 1. The number of rotatable bonds is 4. The van der Waals surface area contributed by atoms with Gasteiger partial charge in [-0.2, -0.15) is 0 Å². The number of hydrogen-bond acceptors (Lipinski definition) is 2. The van der Waals surface area contributed by atoms with Gasteiger partial charge in [0.05, 0.1) is 12.7 Å². The third-order valence-corrected chi connectivity index (χ3v) is 2.63. The van der Waals surface area contributed by atoms with E-state index in [0.29, 0.717) is 10.0 Å². The molecular weight excluding hydrogens is 263 g/mol. The van der Waals surface area contributed by atoms with Crippen LogP contribution < -0.4 is 0 Å². The van der Waals surface area contributed by atoms with Crippen LogP contribution >= 0.6 is 15.9 Å². The van der Waals surface area contributed by atoms with Crippen LogP contribution in [0.15, 0.2) is 22.7 Å². The molecule has 1 rings (SSSR count). The molecule has 0 aromatic heterocycles. The van der Waals surface area contributed by atoms with Gasteiger partial charge in [0.15, 0.2) is 0 Å². The predicted molar refractivity (Wildman–Crippen MR) is 60.1 cm³/mol. The second-order valence-corrected chi connectivity index (χ2v) is 4.42. The van der Waals surface area contributed by atoms with E-state index in [1.54, 1.807) is 6.07 Å². The highest BCUT2D eigenvalue weighted by Gasteiger charge is 2.13. The van der Waals surface area contributed by atoms with Gasteiger partial charge in [0.25, 0.3) is 0 Å². The Bertz CT molecular complexity index is 328. The summed E-state index contributed by atoms with van der Waals surface area (Å²) in [5.74, 6) is -0.364.